The van der Waals surface area contributed by atoms with Crippen molar-refractivity contribution in [3.05, 3.63) is 70.8 Å². The zero-order chi connectivity index (χ0) is 27.6. The molecule has 0 saturated heterocycles. The normalized spacial score (nSPS) is 11.5. The zero-order valence-corrected chi connectivity index (χ0v) is 22.0. The van der Waals surface area contributed by atoms with Crippen molar-refractivity contribution in [1.29, 1.82) is 5.41 Å². The Balaban J connectivity index is 2.08. The number of carbonyl (C=O) groups excluding carboxylic acids is 3. The average Bonchev–Trinajstić information content (AvgIpc) is 2.82. The molecule has 2 aromatic rings. The quantitative estimate of drug-likeness (QED) is 0.118. The first-order chi connectivity index (χ1) is 17.4. The fourth-order valence-electron chi connectivity index (χ4n) is 3.33. The lowest BCUT2D eigenvalue weighted by Crippen LogP contribution is -2.40. The summed E-state index contributed by atoms with van der Waals surface area (Å²) in [4.78, 5) is 39.4. The first-order valence-corrected chi connectivity index (χ1v) is 11.8. The molecular weight excluding hydrogens is 474 g/mol. The van der Waals surface area contributed by atoms with E-state index in [1.165, 1.54) is 4.90 Å². The first-order valence-electron chi connectivity index (χ1n) is 11.8. The van der Waals surface area contributed by atoms with Crippen LogP contribution in [0.2, 0.25) is 0 Å². The molecule has 0 bridgehead atoms. The van der Waals surface area contributed by atoms with Crippen molar-refractivity contribution >= 4 is 29.8 Å². The second kappa shape index (κ2) is 13.4. The van der Waals surface area contributed by atoms with E-state index >= 15 is 0 Å². The largest absolute Gasteiger partial charge is 0.459 e. The number of benzene rings is 2. The minimum Gasteiger partial charge on any atom is -0.459 e. The van der Waals surface area contributed by atoms with E-state index in [-0.39, 0.29) is 18.3 Å². The Morgan fingerprint density at radius 1 is 1.00 bits per heavy atom. The van der Waals surface area contributed by atoms with Gasteiger partial charge < -0.3 is 24.8 Å². The van der Waals surface area contributed by atoms with Gasteiger partial charge in [-0.2, -0.15) is 0 Å². The Hall–Kier alpha value is -3.98. The van der Waals surface area contributed by atoms with Gasteiger partial charge in [0.05, 0.1) is 5.56 Å². The summed E-state index contributed by atoms with van der Waals surface area (Å²) >= 11 is 0. The minimum atomic E-state index is -0.649. The summed E-state index contributed by atoms with van der Waals surface area (Å²) in [6, 6.07) is 12.9. The van der Waals surface area contributed by atoms with Crippen molar-refractivity contribution in [2.75, 3.05) is 26.8 Å². The first kappa shape index (κ1) is 29.3. The van der Waals surface area contributed by atoms with Crippen LogP contribution in [0.4, 0.5) is 0 Å². The summed E-state index contributed by atoms with van der Waals surface area (Å²) < 4.78 is 15.8. The number of hydrogen-bond donors (Lipinski definition) is 2. The summed E-state index contributed by atoms with van der Waals surface area (Å²) in [5, 5.41) is 7.42. The van der Waals surface area contributed by atoms with E-state index in [4.69, 9.17) is 25.4 Å². The van der Waals surface area contributed by atoms with Crippen molar-refractivity contribution in [2.24, 2.45) is 5.73 Å². The molecule has 9 nitrogen and oxygen atoms in total. The van der Waals surface area contributed by atoms with E-state index in [2.05, 4.69) is 0 Å². The summed E-state index contributed by atoms with van der Waals surface area (Å²) in [5.74, 6) is -1.05. The smallest absolute Gasteiger partial charge is 0.343 e. The number of nitrogens with two attached hydrogens (primary N) is 1. The van der Waals surface area contributed by atoms with Crippen LogP contribution in [0, 0.1) is 5.41 Å². The third-order valence-corrected chi connectivity index (χ3v) is 5.05. The van der Waals surface area contributed by atoms with Crippen molar-refractivity contribution in [2.45, 2.75) is 39.7 Å². The summed E-state index contributed by atoms with van der Waals surface area (Å²) in [7, 11) is 1.58. The Bertz CT molecular complexity index is 1130. The number of esters is 2. The van der Waals surface area contributed by atoms with Gasteiger partial charge in [-0.25, -0.2) is 4.79 Å². The number of ether oxygens (including phenoxy) is 3. The fraction of sp³-hybridized carbons (Fsp3) is 0.357. The van der Waals surface area contributed by atoms with Gasteiger partial charge >= 0.3 is 11.9 Å². The van der Waals surface area contributed by atoms with Crippen LogP contribution in [-0.4, -0.2) is 61.0 Å². The lowest BCUT2D eigenvalue weighted by Gasteiger charge is -2.25. The number of nitrogens with one attached hydrogen (secondary N) is 1. The van der Waals surface area contributed by atoms with Crippen molar-refractivity contribution < 1.29 is 28.6 Å². The molecular formula is C28H35N3O6. The van der Waals surface area contributed by atoms with Crippen LogP contribution in [0.3, 0.4) is 0 Å². The zero-order valence-electron chi connectivity index (χ0n) is 22.0. The summed E-state index contributed by atoms with van der Waals surface area (Å²) in [6.45, 7) is 7.63. The van der Waals surface area contributed by atoms with Crippen molar-refractivity contribution in [3.8, 4) is 5.75 Å². The minimum absolute atomic E-state index is 0.0711. The van der Waals surface area contributed by atoms with Crippen LogP contribution >= 0.6 is 0 Å². The van der Waals surface area contributed by atoms with Gasteiger partial charge in [0.2, 0.25) is 5.91 Å². The molecule has 2 rings (SSSR count). The number of nitrogen functional groups attached to an aromatic ring is 1. The number of hydrogen-bond acceptors (Lipinski definition) is 7. The number of amidine groups is 1. The molecule has 0 heterocycles. The van der Waals surface area contributed by atoms with E-state index in [0.29, 0.717) is 47.6 Å². The highest BCUT2D eigenvalue weighted by atomic mass is 16.6. The number of rotatable bonds is 11. The monoisotopic (exact) mass is 509 g/mol. The van der Waals surface area contributed by atoms with E-state index in [0.717, 1.165) is 0 Å². The topological polar surface area (TPSA) is 132 Å². The van der Waals surface area contributed by atoms with Gasteiger partial charge in [-0.05, 0) is 82.2 Å². The molecule has 37 heavy (non-hydrogen) atoms. The van der Waals surface area contributed by atoms with Crippen LogP contribution in [-0.2, 0) is 19.1 Å². The Morgan fingerprint density at radius 3 is 2.14 bits per heavy atom. The van der Waals surface area contributed by atoms with Crippen LogP contribution in [0.5, 0.6) is 5.75 Å². The molecule has 9 heteroatoms. The highest BCUT2D eigenvalue weighted by molar-refractivity contribution is 5.99. The Labute approximate surface area is 217 Å². The van der Waals surface area contributed by atoms with E-state index in [1.54, 1.807) is 89.4 Å². The van der Waals surface area contributed by atoms with Gasteiger partial charge in [-0.3, -0.25) is 15.0 Å². The third kappa shape index (κ3) is 9.89. The average molecular weight is 510 g/mol. The molecule has 0 aliphatic heterocycles. The van der Waals surface area contributed by atoms with E-state index < -0.39 is 17.5 Å². The van der Waals surface area contributed by atoms with Gasteiger partial charge in [0.1, 0.15) is 23.7 Å². The van der Waals surface area contributed by atoms with Gasteiger partial charge in [-0.15, -0.1) is 0 Å². The summed E-state index contributed by atoms with van der Waals surface area (Å²) in [5.41, 5.74) is 6.79. The van der Waals surface area contributed by atoms with E-state index in [1.807, 2.05) is 0 Å². The molecule has 0 fully saturated rings. The SMILES string of the molecule is COCCCN(CC(=O)OC(C)(C)C)C(=O)C(C)=Cc1ccc(C(=O)Oc2ccc(C(=N)N)cc2)cc1. The predicted molar refractivity (Wildman–Crippen MR) is 141 cm³/mol. The maximum atomic E-state index is 13.1. The molecule has 0 aliphatic rings. The molecule has 0 spiro atoms. The maximum Gasteiger partial charge on any atom is 0.343 e. The predicted octanol–water partition coefficient (Wildman–Crippen LogP) is 3.80. The third-order valence-electron chi connectivity index (χ3n) is 5.05. The maximum absolute atomic E-state index is 13.1. The van der Waals surface area contributed by atoms with Crippen LogP contribution in [0.25, 0.3) is 6.08 Å². The lowest BCUT2D eigenvalue weighted by atomic mass is 10.1. The highest BCUT2D eigenvalue weighted by Gasteiger charge is 2.23. The lowest BCUT2D eigenvalue weighted by molar-refractivity contribution is -0.158. The molecule has 0 atom stereocenters. The van der Waals surface area contributed by atoms with Crippen molar-refractivity contribution in [1.82, 2.24) is 4.90 Å². The number of carbonyl (C=O) groups is 3. The van der Waals surface area contributed by atoms with Gasteiger partial charge in [0.15, 0.2) is 0 Å². The van der Waals surface area contributed by atoms with Crippen LogP contribution < -0.4 is 10.5 Å². The van der Waals surface area contributed by atoms with Gasteiger partial charge in [0, 0.05) is 31.4 Å². The molecule has 0 aliphatic carbocycles. The molecule has 2 aromatic carbocycles. The second-order valence-corrected chi connectivity index (χ2v) is 9.44. The molecule has 0 aromatic heterocycles. The number of methoxy groups -OCH3 is 1. The highest BCUT2D eigenvalue weighted by Crippen LogP contribution is 2.16. The molecule has 198 valence electrons. The number of amides is 1. The molecule has 3 N–H and O–H groups in total. The second-order valence-electron chi connectivity index (χ2n) is 9.44. The molecule has 1 amide bonds. The van der Waals surface area contributed by atoms with Gasteiger partial charge in [0.25, 0.3) is 0 Å². The summed E-state index contributed by atoms with van der Waals surface area (Å²) in [6.07, 6.45) is 2.27. The number of nitrogens with zero attached hydrogens (tertiary/aromatic N) is 1. The standard InChI is InChI=1S/C28H35N3O6/c1-19(26(33)31(15-6-16-35-5)18-24(32)37-28(2,3)4)17-20-7-9-22(10-8-20)27(34)36-23-13-11-21(12-14-23)25(29)30/h7-14,17H,6,15-16,18H2,1-5H3,(H3,29,30). The van der Waals surface area contributed by atoms with E-state index in [9.17, 15) is 14.4 Å². The van der Waals surface area contributed by atoms with Gasteiger partial charge in [-0.1, -0.05) is 12.1 Å². The Kier molecular flexibility index (Phi) is 10.6. The molecule has 0 radical (unpaired) electrons. The van der Waals surface area contributed by atoms with Crippen LogP contribution in [0.1, 0.15) is 55.6 Å². The fourth-order valence-corrected chi connectivity index (χ4v) is 3.33. The molecule has 0 unspecified atom stereocenters. The molecule has 0 saturated carbocycles. The van der Waals surface area contributed by atoms with Crippen LogP contribution in [0.15, 0.2) is 54.1 Å². The Morgan fingerprint density at radius 2 is 1.59 bits per heavy atom. The van der Waals surface area contributed by atoms with Crippen molar-refractivity contribution in [3.63, 3.8) is 0 Å².